The van der Waals surface area contributed by atoms with Gasteiger partial charge in [-0.05, 0) is 31.0 Å². The molecule has 9 nitrogen and oxygen atoms in total. The molecule has 146 valence electrons. The lowest BCUT2D eigenvalue weighted by Crippen LogP contribution is -2.41. The highest BCUT2D eigenvalue weighted by Gasteiger charge is 2.21. The summed E-state index contributed by atoms with van der Waals surface area (Å²) >= 11 is 0. The van der Waals surface area contributed by atoms with Gasteiger partial charge in [-0.2, -0.15) is 0 Å². The zero-order valence-electron chi connectivity index (χ0n) is 15.2. The first-order valence-corrected chi connectivity index (χ1v) is 8.96. The minimum Gasteiger partial charge on any atom is -0.469 e. The third-order valence-electron chi connectivity index (χ3n) is 4.59. The SMILES string of the molecule is COC(=O)CCOC1CCN(CC(=O)Nc2ccc3[nH]c(=O)[nH]c3c2)CC1. The number of hydrogen-bond donors (Lipinski definition) is 3. The summed E-state index contributed by atoms with van der Waals surface area (Å²) in [5.74, 6) is -0.372. The largest absolute Gasteiger partial charge is 0.469 e. The Labute approximate surface area is 156 Å². The molecular weight excluding hydrogens is 352 g/mol. The van der Waals surface area contributed by atoms with Crippen molar-refractivity contribution in [2.24, 2.45) is 0 Å². The van der Waals surface area contributed by atoms with Crippen molar-refractivity contribution in [2.45, 2.75) is 25.4 Å². The van der Waals surface area contributed by atoms with E-state index in [9.17, 15) is 14.4 Å². The molecule has 0 saturated carbocycles. The van der Waals surface area contributed by atoms with Crippen LogP contribution < -0.4 is 11.0 Å². The number of benzene rings is 1. The van der Waals surface area contributed by atoms with Crippen molar-refractivity contribution >= 4 is 28.6 Å². The number of H-pyrrole nitrogens is 2. The Morgan fingerprint density at radius 2 is 1.96 bits per heavy atom. The van der Waals surface area contributed by atoms with Gasteiger partial charge < -0.3 is 24.8 Å². The lowest BCUT2D eigenvalue weighted by atomic mass is 10.1. The zero-order valence-corrected chi connectivity index (χ0v) is 15.2. The number of imidazole rings is 1. The monoisotopic (exact) mass is 376 g/mol. The second-order valence-corrected chi connectivity index (χ2v) is 6.56. The highest BCUT2D eigenvalue weighted by atomic mass is 16.5. The number of esters is 1. The van der Waals surface area contributed by atoms with Gasteiger partial charge in [0.2, 0.25) is 5.91 Å². The van der Waals surface area contributed by atoms with E-state index in [2.05, 4.69) is 24.9 Å². The van der Waals surface area contributed by atoms with Crippen LogP contribution in [0.25, 0.3) is 11.0 Å². The van der Waals surface area contributed by atoms with Gasteiger partial charge >= 0.3 is 11.7 Å². The first kappa shape index (κ1) is 19.1. The summed E-state index contributed by atoms with van der Waals surface area (Å²) in [7, 11) is 1.36. The first-order valence-electron chi connectivity index (χ1n) is 8.96. The Morgan fingerprint density at radius 3 is 2.70 bits per heavy atom. The molecule has 0 radical (unpaired) electrons. The van der Waals surface area contributed by atoms with Crippen LogP contribution in [0.5, 0.6) is 0 Å². The van der Waals surface area contributed by atoms with E-state index >= 15 is 0 Å². The smallest absolute Gasteiger partial charge is 0.323 e. The Hall–Kier alpha value is -2.65. The summed E-state index contributed by atoms with van der Waals surface area (Å²) in [5, 5.41) is 2.86. The van der Waals surface area contributed by atoms with Crippen molar-refractivity contribution in [1.82, 2.24) is 14.9 Å². The molecule has 0 aliphatic carbocycles. The zero-order chi connectivity index (χ0) is 19.2. The fraction of sp³-hybridized carbons (Fsp3) is 0.500. The molecule has 1 fully saturated rings. The van der Waals surface area contributed by atoms with E-state index in [1.54, 1.807) is 18.2 Å². The van der Waals surface area contributed by atoms with Crippen LogP contribution in [0, 0.1) is 0 Å². The van der Waals surface area contributed by atoms with E-state index in [4.69, 9.17) is 4.74 Å². The summed E-state index contributed by atoms with van der Waals surface area (Å²) in [5.41, 5.74) is 1.73. The van der Waals surface area contributed by atoms with Crippen molar-refractivity contribution in [1.29, 1.82) is 0 Å². The van der Waals surface area contributed by atoms with Gasteiger partial charge in [0.25, 0.3) is 0 Å². The summed E-state index contributed by atoms with van der Waals surface area (Å²) < 4.78 is 10.3. The predicted octanol–water partition coefficient (Wildman–Crippen LogP) is 0.839. The summed E-state index contributed by atoms with van der Waals surface area (Å²) in [6, 6.07) is 5.23. The highest BCUT2D eigenvalue weighted by Crippen LogP contribution is 2.16. The normalized spacial score (nSPS) is 15.7. The summed E-state index contributed by atoms with van der Waals surface area (Å²) in [4.78, 5) is 42.0. The molecule has 1 aliphatic rings. The molecule has 1 aromatic heterocycles. The van der Waals surface area contributed by atoms with E-state index in [0.29, 0.717) is 29.9 Å². The van der Waals surface area contributed by atoms with Crippen LogP contribution >= 0.6 is 0 Å². The molecule has 1 saturated heterocycles. The van der Waals surface area contributed by atoms with E-state index < -0.39 is 0 Å². The number of fused-ring (bicyclic) bond motifs is 1. The van der Waals surface area contributed by atoms with Crippen LogP contribution in [-0.2, 0) is 19.1 Å². The number of likely N-dealkylation sites (tertiary alicyclic amines) is 1. The minimum atomic E-state index is -0.273. The van der Waals surface area contributed by atoms with Gasteiger partial charge in [-0.15, -0.1) is 0 Å². The number of ether oxygens (including phenoxy) is 2. The molecule has 0 atom stereocenters. The van der Waals surface area contributed by atoms with Crippen LogP contribution in [-0.4, -0.2) is 66.2 Å². The maximum atomic E-state index is 12.3. The molecule has 1 aliphatic heterocycles. The standard InChI is InChI=1S/C18H24N4O5/c1-26-17(24)6-9-27-13-4-7-22(8-5-13)11-16(23)19-12-2-3-14-15(10-12)21-18(25)20-14/h2-3,10,13H,4-9,11H2,1H3,(H,19,23)(H2,20,21,25). The Bertz CT molecular complexity index is 851. The highest BCUT2D eigenvalue weighted by molar-refractivity contribution is 5.94. The number of amides is 1. The number of nitrogens with one attached hydrogen (secondary N) is 3. The van der Waals surface area contributed by atoms with Crippen LogP contribution in [0.4, 0.5) is 5.69 Å². The van der Waals surface area contributed by atoms with Gasteiger partial charge in [0.15, 0.2) is 0 Å². The predicted molar refractivity (Wildman–Crippen MR) is 99.6 cm³/mol. The molecule has 3 rings (SSSR count). The van der Waals surface area contributed by atoms with Crippen molar-refractivity contribution in [3.8, 4) is 0 Å². The number of aromatic nitrogens is 2. The third-order valence-corrected chi connectivity index (χ3v) is 4.59. The van der Waals surface area contributed by atoms with Gasteiger partial charge in [-0.1, -0.05) is 0 Å². The number of piperidine rings is 1. The van der Waals surface area contributed by atoms with Gasteiger partial charge in [-0.25, -0.2) is 4.79 Å². The van der Waals surface area contributed by atoms with Crippen molar-refractivity contribution in [2.75, 3.05) is 38.7 Å². The Morgan fingerprint density at radius 1 is 1.22 bits per heavy atom. The van der Waals surface area contributed by atoms with Crippen molar-refractivity contribution in [3.05, 3.63) is 28.7 Å². The summed E-state index contributed by atoms with van der Waals surface area (Å²) in [6.07, 6.45) is 2.02. The molecule has 9 heteroatoms. The lowest BCUT2D eigenvalue weighted by Gasteiger charge is -2.31. The first-order chi connectivity index (χ1) is 13.0. The summed E-state index contributed by atoms with van der Waals surface area (Å²) in [6.45, 7) is 2.19. The Balaban J connectivity index is 1.41. The Kier molecular flexibility index (Phi) is 6.25. The van der Waals surface area contributed by atoms with Gasteiger partial charge in [-0.3, -0.25) is 14.5 Å². The topological polar surface area (TPSA) is 117 Å². The van der Waals surface area contributed by atoms with E-state index in [1.165, 1.54) is 7.11 Å². The minimum absolute atomic E-state index is 0.0997. The molecule has 0 unspecified atom stereocenters. The van der Waals surface area contributed by atoms with Crippen LogP contribution in [0.3, 0.4) is 0 Å². The number of methoxy groups -OCH3 is 1. The molecule has 3 N–H and O–H groups in total. The maximum Gasteiger partial charge on any atom is 0.323 e. The second kappa shape index (κ2) is 8.83. The van der Waals surface area contributed by atoms with Gasteiger partial charge in [0.05, 0.1) is 43.8 Å². The number of anilines is 1. The fourth-order valence-corrected chi connectivity index (χ4v) is 3.16. The van der Waals surface area contributed by atoms with E-state index in [0.717, 1.165) is 25.9 Å². The molecule has 27 heavy (non-hydrogen) atoms. The average Bonchev–Trinajstić information content (AvgIpc) is 3.02. The molecule has 0 bridgehead atoms. The molecule has 2 heterocycles. The quantitative estimate of drug-likeness (QED) is 0.617. The second-order valence-electron chi connectivity index (χ2n) is 6.56. The molecular formula is C18H24N4O5. The number of carbonyl (C=O) groups is 2. The number of rotatable bonds is 7. The average molecular weight is 376 g/mol. The molecule has 2 aromatic rings. The maximum absolute atomic E-state index is 12.3. The number of carbonyl (C=O) groups excluding carboxylic acids is 2. The van der Waals surface area contributed by atoms with Gasteiger partial charge in [0, 0.05) is 18.8 Å². The lowest BCUT2D eigenvalue weighted by molar-refractivity contribution is -0.142. The van der Waals surface area contributed by atoms with E-state index in [1.807, 2.05) is 0 Å². The van der Waals surface area contributed by atoms with Gasteiger partial charge in [0.1, 0.15) is 0 Å². The number of nitrogens with zero attached hydrogens (tertiary/aromatic N) is 1. The van der Waals surface area contributed by atoms with Crippen LogP contribution in [0.15, 0.2) is 23.0 Å². The van der Waals surface area contributed by atoms with Crippen molar-refractivity contribution in [3.63, 3.8) is 0 Å². The van der Waals surface area contributed by atoms with Crippen LogP contribution in [0.2, 0.25) is 0 Å². The molecule has 1 amide bonds. The molecule has 0 spiro atoms. The fourth-order valence-electron chi connectivity index (χ4n) is 3.16. The van der Waals surface area contributed by atoms with E-state index in [-0.39, 0.29) is 30.1 Å². The number of aromatic amines is 2. The number of hydrogen-bond acceptors (Lipinski definition) is 6. The molecule has 1 aromatic carbocycles. The van der Waals surface area contributed by atoms with Crippen molar-refractivity contribution < 1.29 is 19.1 Å². The van der Waals surface area contributed by atoms with Crippen LogP contribution in [0.1, 0.15) is 19.3 Å². The third kappa shape index (κ3) is 5.41.